The second-order valence-electron chi connectivity index (χ2n) is 7.69. The van der Waals surface area contributed by atoms with Crippen molar-refractivity contribution in [3.05, 3.63) is 52.7 Å². The van der Waals surface area contributed by atoms with Crippen LogP contribution >= 0.6 is 0 Å². The first kappa shape index (κ1) is 22.1. The largest absolute Gasteiger partial charge is 0.447 e. The van der Waals surface area contributed by atoms with Gasteiger partial charge in [-0.3, -0.25) is 9.69 Å². The van der Waals surface area contributed by atoms with Crippen molar-refractivity contribution in [3.8, 4) is 0 Å². The van der Waals surface area contributed by atoms with Crippen LogP contribution in [-0.2, 0) is 17.8 Å². The van der Waals surface area contributed by atoms with Crippen molar-refractivity contribution in [1.82, 2.24) is 15.2 Å². The van der Waals surface area contributed by atoms with Crippen molar-refractivity contribution >= 4 is 5.91 Å². The Balaban J connectivity index is 2.11. The quantitative estimate of drug-likeness (QED) is 0.630. The lowest BCUT2D eigenvalue weighted by Crippen LogP contribution is -2.36. The van der Waals surface area contributed by atoms with Crippen molar-refractivity contribution in [2.75, 3.05) is 20.3 Å². The third-order valence-electron chi connectivity index (χ3n) is 5.13. The summed E-state index contributed by atoms with van der Waals surface area (Å²) in [6.45, 7) is 13.2. The Kier molecular flexibility index (Phi) is 8.20. The Morgan fingerprint density at radius 3 is 2.64 bits per heavy atom. The van der Waals surface area contributed by atoms with Gasteiger partial charge in [-0.05, 0) is 37.8 Å². The van der Waals surface area contributed by atoms with Gasteiger partial charge in [0.25, 0.3) is 5.91 Å². The second kappa shape index (κ2) is 10.4. The molecule has 2 aromatic rings. The predicted molar refractivity (Wildman–Crippen MR) is 110 cm³/mol. The minimum absolute atomic E-state index is 0.245. The Hall–Kier alpha value is -2.18. The number of carbonyl (C=O) groups is 1. The van der Waals surface area contributed by atoms with Gasteiger partial charge in [0.15, 0.2) is 5.69 Å². The molecule has 0 unspecified atom stereocenters. The first-order valence-electron chi connectivity index (χ1n) is 9.83. The molecule has 154 valence electrons. The van der Waals surface area contributed by atoms with Crippen LogP contribution in [0, 0.1) is 19.8 Å². The van der Waals surface area contributed by atoms with Crippen LogP contribution < -0.4 is 5.32 Å². The second-order valence-corrected chi connectivity index (χ2v) is 7.69. The Morgan fingerprint density at radius 1 is 1.25 bits per heavy atom. The number of nitrogens with one attached hydrogen (secondary N) is 1. The van der Waals surface area contributed by atoms with E-state index in [0.717, 1.165) is 6.54 Å². The third kappa shape index (κ3) is 6.17. The van der Waals surface area contributed by atoms with E-state index in [1.807, 2.05) is 0 Å². The normalized spacial score (nSPS) is 12.6. The maximum Gasteiger partial charge on any atom is 0.273 e. The summed E-state index contributed by atoms with van der Waals surface area (Å²) in [4.78, 5) is 18.9. The zero-order chi connectivity index (χ0) is 20.7. The lowest BCUT2D eigenvalue weighted by Gasteiger charge is -2.31. The van der Waals surface area contributed by atoms with E-state index in [2.05, 4.69) is 68.0 Å². The molecule has 2 rings (SSSR count). The highest BCUT2D eigenvalue weighted by Crippen LogP contribution is 2.20. The lowest BCUT2D eigenvalue weighted by molar-refractivity contribution is 0.0932. The highest BCUT2D eigenvalue weighted by molar-refractivity contribution is 5.91. The van der Waals surface area contributed by atoms with Crippen LogP contribution in [-0.4, -0.2) is 42.1 Å². The molecule has 0 fully saturated rings. The SMILES string of the molecule is COCCNC(=O)c1coc(CN(Cc2ccc(C)cc2C)[C@@H](C)C(C)C)n1. The van der Waals surface area contributed by atoms with Gasteiger partial charge in [-0.25, -0.2) is 4.98 Å². The number of methoxy groups -OCH3 is 1. The molecule has 1 amide bonds. The lowest BCUT2D eigenvalue weighted by atomic mass is 10.0. The average molecular weight is 388 g/mol. The summed E-state index contributed by atoms with van der Waals surface area (Å²) >= 11 is 0. The molecule has 1 N–H and O–H groups in total. The van der Waals surface area contributed by atoms with Crippen LogP contribution in [0.4, 0.5) is 0 Å². The van der Waals surface area contributed by atoms with Gasteiger partial charge in [0.05, 0.1) is 13.2 Å². The minimum Gasteiger partial charge on any atom is -0.447 e. The number of carbonyl (C=O) groups excluding carboxylic acids is 1. The van der Waals surface area contributed by atoms with E-state index in [9.17, 15) is 4.79 Å². The van der Waals surface area contributed by atoms with Crippen LogP contribution in [0.5, 0.6) is 0 Å². The van der Waals surface area contributed by atoms with E-state index >= 15 is 0 Å². The fourth-order valence-electron chi connectivity index (χ4n) is 3.03. The predicted octanol–water partition coefficient (Wildman–Crippen LogP) is 3.71. The summed E-state index contributed by atoms with van der Waals surface area (Å²) in [6, 6.07) is 6.89. The summed E-state index contributed by atoms with van der Waals surface area (Å²) in [5.41, 5.74) is 4.14. The number of hydrogen-bond donors (Lipinski definition) is 1. The highest BCUT2D eigenvalue weighted by atomic mass is 16.5. The standard InChI is InChI=1S/C22H33N3O3/c1-15(2)18(5)25(12-19-8-7-16(3)11-17(19)4)13-21-24-20(14-28-21)22(26)23-9-10-27-6/h7-8,11,14-15,18H,9-10,12-13H2,1-6H3,(H,23,26)/t18-/m0/s1. The molecular formula is C22H33N3O3. The van der Waals surface area contributed by atoms with E-state index < -0.39 is 0 Å². The Morgan fingerprint density at radius 2 is 2.00 bits per heavy atom. The monoisotopic (exact) mass is 387 g/mol. The number of rotatable bonds is 10. The van der Waals surface area contributed by atoms with Crippen molar-refractivity contribution in [3.63, 3.8) is 0 Å². The smallest absolute Gasteiger partial charge is 0.273 e. The van der Waals surface area contributed by atoms with Crippen molar-refractivity contribution in [1.29, 1.82) is 0 Å². The zero-order valence-corrected chi connectivity index (χ0v) is 17.9. The molecule has 1 atom stereocenters. The first-order chi connectivity index (χ1) is 13.3. The van der Waals surface area contributed by atoms with Gasteiger partial charge in [-0.15, -0.1) is 0 Å². The number of aryl methyl sites for hydroxylation is 2. The van der Waals surface area contributed by atoms with Gasteiger partial charge in [-0.1, -0.05) is 37.6 Å². The molecule has 0 spiro atoms. The number of oxazole rings is 1. The maximum atomic E-state index is 12.1. The number of benzene rings is 1. The van der Waals surface area contributed by atoms with Crippen LogP contribution in [0.2, 0.25) is 0 Å². The molecule has 0 aliphatic rings. The molecule has 1 aromatic carbocycles. The number of amides is 1. The van der Waals surface area contributed by atoms with Gasteiger partial charge < -0.3 is 14.5 Å². The maximum absolute atomic E-state index is 12.1. The minimum atomic E-state index is -0.245. The van der Waals surface area contributed by atoms with Gasteiger partial charge in [0.2, 0.25) is 5.89 Å². The van der Waals surface area contributed by atoms with Crippen molar-refractivity contribution in [2.24, 2.45) is 5.92 Å². The average Bonchev–Trinajstić information content (AvgIpc) is 3.11. The molecule has 0 bridgehead atoms. The molecule has 0 saturated heterocycles. The molecule has 1 heterocycles. The fourth-order valence-corrected chi connectivity index (χ4v) is 3.03. The number of hydrogen-bond acceptors (Lipinski definition) is 5. The molecule has 28 heavy (non-hydrogen) atoms. The first-order valence-corrected chi connectivity index (χ1v) is 9.83. The van der Waals surface area contributed by atoms with E-state index in [1.165, 1.54) is 23.0 Å². The Bertz CT molecular complexity index is 770. The van der Waals surface area contributed by atoms with Gasteiger partial charge in [-0.2, -0.15) is 0 Å². The summed E-state index contributed by atoms with van der Waals surface area (Å²) in [5, 5.41) is 2.76. The zero-order valence-electron chi connectivity index (χ0n) is 17.9. The molecule has 0 aliphatic heterocycles. The molecule has 0 aliphatic carbocycles. The van der Waals surface area contributed by atoms with E-state index in [-0.39, 0.29) is 5.91 Å². The van der Waals surface area contributed by atoms with Gasteiger partial charge in [0.1, 0.15) is 6.26 Å². The van der Waals surface area contributed by atoms with Gasteiger partial charge >= 0.3 is 0 Å². The summed E-state index contributed by atoms with van der Waals surface area (Å²) in [6.07, 6.45) is 1.42. The van der Waals surface area contributed by atoms with Crippen LogP contribution in [0.1, 0.15) is 53.8 Å². The van der Waals surface area contributed by atoms with E-state index in [4.69, 9.17) is 9.15 Å². The van der Waals surface area contributed by atoms with Crippen LogP contribution in [0.25, 0.3) is 0 Å². The molecule has 6 nitrogen and oxygen atoms in total. The number of aromatic nitrogens is 1. The summed E-state index contributed by atoms with van der Waals surface area (Å²) in [7, 11) is 1.60. The fraction of sp³-hybridized carbons (Fsp3) is 0.545. The molecule has 0 radical (unpaired) electrons. The molecule has 6 heteroatoms. The van der Waals surface area contributed by atoms with Crippen molar-refractivity contribution < 1.29 is 13.9 Å². The highest BCUT2D eigenvalue weighted by Gasteiger charge is 2.21. The molecular weight excluding hydrogens is 354 g/mol. The number of nitrogens with zero attached hydrogens (tertiary/aromatic N) is 2. The summed E-state index contributed by atoms with van der Waals surface area (Å²) < 4.78 is 10.5. The Labute approximate surface area is 168 Å². The summed E-state index contributed by atoms with van der Waals surface area (Å²) in [5.74, 6) is 0.788. The third-order valence-corrected chi connectivity index (χ3v) is 5.13. The van der Waals surface area contributed by atoms with Crippen LogP contribution in [0.15, 0.2) is 28.9 Å². The van der Waals surface area contributed by atoms with E-state index in [0.29, 0.717) is 43.2 Å². The molecule has 1 aromatic heterocycles. The topological polar surface area (TPSA) is 67.6 Å². The van der Waals surface area contributed by atoms with Crippen molar-refractivity contribution in [2.45, 2.75) is 53.8 Å². The number of ether oxygens (including phenoxy) is 1. The van der Waals surface area contributed by atoms with Gasteiger partial charge in [0, 0.05) is 26.2 Å². The van der Waals surface area contributed by atoms with Crippen LogP contribution in [0.3, 0.4) is 0 Å². The molecule has 0 saturated carbocycles. The van der Waals surface area contributed by atoms with E-state index in [1.54, 1.807) is 7.11 Å².